The predicted octanol–water partition coefficient (Wildman–Crippen LogP) is 4.07. The molecule has 0 bridgehead atoms. The Balaban J connectivity index is 2.60. The highest BCUT2D eigenvalue weighted by Gasteiger charge is 2.37. The first-order valence-corrected chi connectivity index (χ1v) is 12.4. The van der Waals surface area contributed by atoms with Crippen molar-refractivity contribution in [2.75, 3.05) is 11.9 Å². The molecule has 2 atom stereocenters. The number of para-hydroxylation sites is 1. The van der Waals surface area contributed by atoms with Crippen molar-refractivity contribution in [3.8, 4) is 0 Å². The molecule has 0 aliphatic heterocycles. The summed E-state index contributed by atoms with van der Waals surface area (Å²) in [7, 11) is 0. The van der Waals surface area contributed by atoms with Gasteiger partial charge in [0.1, 0.15) is 17.7 Å². The summed E-state index contributed by atoms with van der Waals surface area (Å²) in [5.74, 6) is -1.94. The standard InChI is InChI=1S/C29H38N4O5/c1-8-16-33(27(36)22(17-23(30)34)32-28(37)38-29(5,6)7)25(24-19(3)13-11-14-20(24)4)26(35)31-21-15-10-9-12-18(21)2/h8-15,22,25H,1,16-17H2,2-7H3,(H2,30,34)(H,31,35)(H,32,37). The number of carbonyl (C=O) groups excluding carboxylic acids is 4. The van der Waals surface area contributed by atoms with Crippen molar-refractivity contribution in [3.05, 3.63) is 77.4 Å². The van der Waals surface area contributed by atoms with Gasteiger partial charge in [0.2, 0.25) is 11.8 Å². The average molecular weight is 523 g/mol. The predicted molar refractivity (Wildman–Crippen MR) is 147 cm³/mol. The third-order valence-corrected chi connectivity index (χ3v) is 5.78. The van der Waals surface area contributed by atoms with Crippen LogP contribution >= 0.6 is 0 Å². The van der Waals surface area contributed by atoms with Crippen LogP contribution in [0.1, 0.15) is 55.5 Å². The quantitative estimate of drug-likeness (QED) is 0.405. The Kier molecular flexibility index (Phi) is 10.2. The molecule has 2 rings (SSSR count). The van der Waals surface area contributed by atoms with Crippen molar-refractivity contribution in [2.45, 2.75) is 65.6 Å². The highest BCUT2D eigenvalue weighted by molar-refractivity contribution is 6.00. The Morgan fingerprint density at radius 1 is 1.00 bits per heavy atom. The molecule has 0 saturated carbocycles. The van der Waals surface area contributed by atoms with Crippen LogP contribution in [0.15, 0.2) is 55.1 Å². The first kappa shape index (κ1) is 30.1. The zero-order chi connectivity index (χ0) is 28.6. The Morgan fingerprint density at radius 3 is 2.11 bits per heavy atom. The van der Waals surface area contributed by atoms with E-state index in [0.29, 0.717) is 11.3 Å². The van der Waals surface area contributed by atoms with E-state index in [1.807, 2.05) is 51.1 Å². The molecule has 2 aromatic carbocycles. The minimum atomic E-state index is -1.36. The van der Waals surface area contributed by atoms with Crippen LogP contribution in [0.4, 0.5) is 10.5 Å². The molecule has 2 aromatic rings. The van der Waals surface area contributed by atoms with Gasteiger partial charge in [0.05, 0.1) is 6.42 Å². The fourth-order valence-corrected chi connectivity index (χ4v) is 4.11. The second-order valence-electron chi connectivity index (χ2n) is 10.2. The summed E-state index contributed by atoms with van der Waals surface area (Å²) < 4.78 is 5.29. The Bertz CT molecular complexity index is 1180. The lowest BCUT2D eigenvalue weighted by molar-refractivity contribution is -0.141. The summed E-state index contributed by atoms with van der Waals surface area (Å²) >= 11 is 0. The van der Waals surface area contributed by atoms with E-state index >= 15 is 0 Å². The number of carbonyl (C=O) groups is 4. The van der Waals surface area contributed by atoms with Crippen molar-refractivity contribution in [2.24, 2.45) is 5.73 Å². The fraction of sp³-hybridized carbons (Fsp3) is 0.379. The van der Waals surface area contributed by atoms with E-state index in [9.17, 15) is 19.2 Å². The van der Waals surface area contributed by atoms with Gasteiger partial charge in [-0.3, -0.25) is 14.4 Å². The lowest BCUT2D eigenvalue weighted by atomic mass is 9.93. The average Bonchev–Trinajstić information content (AvgIpc) is 2.79. The second kappa shape index (κ2) is 12.9. The molecule has 0 radical (unpaired) electrons. The van der Waals surface area contributed by atoms with Crippen LogP contribution in [-0.4, -0.2) is 46.9 Å². The number of aryl methyl sites for hydroxylation is 3. The summed E-state index contributed by atoms with van der Waals surface area (Å²) in [4.78, 5) is 53.6. The highest BCUT2D eigenvalue weighted by atomic mass is 16.6. The van der Waals surface area contributed by atoms with Crippen LogP contribution in [0.2, 0.25) is 0 Å². The number of rotatable bonds is 10. The van der Waals surface area contributed by atoms with E-state index in [4.69, 9.17) is 10.5 Å². The zero-order valence-electron chi connectivity index (χ0n) is 23.0. The van der Waals surface area contributed by atoms with Crippen LogP contribution < -0.4 is 16.4 Å². The van der Waals surface area contributed by atoms with Crippen LogP contribution in [0.3, 0.4) is 0 Å². The molecule has 0 aromatic heterocycles. The van der Waals surface area contributed by atoms with E-state index in [-0.39, 0.29) is 6.54 Å². The zero-order valence-corrected chi connectivity index (χ0v) is 23.0. The smallest absolute Gasteiger partial charge is 0.408 e. The first-order valence-electron chi connectivity index (χ1n) is 12.4. The lowest BCUT2D eigenvalue weighted by Crippen LogP contribution is -2.53. The Morgan fingerprint density at radius 2 is 1.58 bits per heavy atom. The van der Waals surface area contributed by atoms with Crippen LogP contribution in [0, 0.1) is 20.8 Å². The molecule has 204 valence electrons. The SMILES string of the molecule is C=CCN(C(=O)C(CC(N)=O)NC(=O)OC(C)(C)C)C(C(=O)Nc1ccccc1C)c1c(C)cccc1C. The molecule has 0 spiro atoms. The van der Waals surface area contributed by atoms with Gasteiger partial charge in [-0.15, -0.1) is 6.58 Å². The minimum absolute atomic E-state index is 0.0380. The third-order valence-electron chi connectivity index (χ3n) is 5.78. The Hall–Kier alpha value is -4.14. The van der Waals surface area contributed by atoms with Crippen molar-refractivity contribution in [1.29, 1.82) is 0 Å². The van der Waals surface area contributed by atoms with Crippen molar-refractivity contribution < 1.29 is 23.9 Å². The summed E-state index contributed by atoms with van der Waals surface area (Å²) in [6.07, 6.45) is 0.113. The van der Waals surface area contributed by atoms with Crippen molar-refractivity contribution in [1.82, 2.24) is 10.2 Å². The van der Waals surface area contributed by atoms with Gasteiger partial charge in [0, 0.05) is 12.2 Å². The maximum Gasteiger partial charge on any atom is 0.408 e. The Labute approximate surface area is 224 Å². The normalized spacial score (nSPS) is 12.6. The molecule has 4 N–H and O–H groups in total. The van der Waals surface area contributed by atoms with Crippen molar-refractivity contribution >= 4 is 29.5 Å². The van der Waals surface area contributed by atoms with Crippen molar-refractivity contribution in [3.63, 3.8) is 0 Å². The number of anilines is 1. The van der Waals surface area contributed by atoms with Crippen LogP contribution in [0.25, 0.3) is 0 Å². The number of nitrogens with two attached hydrogens (primary N) is 1. The topological polar surface area (TPSA) is 131 Å². The van der Waals surface area contributed by atoms with E-state index < -0.39 is 47.9 Å². The number of hydrogen-bond donors (Lipinski definition) is 3. The number of nitrogens with zero attached hydrogens (tertiary/aromatic N) is 1. The van der Waals surface area contributed by atoms with Gasteiger partial charge < -0.3 is 26.0 Å². The summed E-state index contributed by atoms with van der Waals surface area (Å²) in [5.41, 5.74) is 8.25. The van der Waals surface area contributed by atoms with Gasteiger partial charge in [-0.05, 0) is 69.9 Å². The molecule has 9 nitrogen and oxygen atoms in total. The largest absolute Gasteiger partial charge is 0.444 e. The van der Waals surface area contributed by atoms with Gasteiger partial charge >= 0.3 is 6.09 Å². The van der Waals surface area contributed by atoms with E-state index in [2.05, 4.69) is 17.2 Å². The monoisotopic (exact) mass is 522 g/mol. The van der Waals surface area contributed by atoms with E-state index in [1.165, 1.54) is 11.0 Å². The molecule has 4 amide bonds. The molecule has 0 aliphatic carbocycles. The summed E-state index contributed by atoms with van der Waals surface area (Å²) in [6, 6.07) is 10.4. The molecule has 0 heterocycles. The minimum Gasteiger partial charge on any atom is -0.444 e. The molecule has 0 saturated heterocycles. The molecule has 2 unspecified atom stereocenters. The van der Waals surface area contributed by atoms with E-state index in [1.54, 1.807) is 32.9 Å². The number of nitrogens with one attached hydrogen (secondary N) is 2. The fourth-order valence-electron chi connectivity index (χ4n) is 4.11. The molecular weight excluding hydrogens is 484 g/mol. The number of amides is 4. The number of ether oxygens (including phenoxy) is 1. The summed E-state index contributed by atoms with van der Waals surface area (Å²) in [5, 5.41) is 5.40. The molecule has 0 fully saturated rings. The maximum atomic E-state index is 14.0. The maximum absolute atomic E-state index is 14.0. The second-order valence-corrected chi connectivity index (χ2v) is 10.2. The van der Waals surface area contributed by atoms with Gasteiger partial charge in [-0.25, -0.2) is 4.79 Å². The van der Waals surface area contributed by atoms with Gasteiger partial charge in [0.15, 0.2) is 0 Å². The first-order chi connectivity index (χ1) is 17.7. The molecular formula is C29H38N4O5. The molecule has 9 heteroatoms. The highest BCUT2D eigenvalue weighted by Crippen LogP contribution is 2.30. The molecule has 0 aliphatic rings. The number of alkyl carbamates (subject to hydrolysis) is 1. The number of benzene rings is 2. The summed E-state index contributed by atoms with van der Waals surface area (Å²) in [6.45, 7) is 14.3. The van der Waals surface area contributed by atoms with Gasteiger partial charge in [-0.1, -0.05) is 42.5 Å². The van der Waals surface area contributed by atoms with Crippen LogP contribution in [0.5, 0.6) is 0 Å². The van der Waals surface area contributed by atoms with Crippen LogP contribution in [-0.2, 0) is 19.1 Å². The van der Waals surface area contributed by atoms with Gasteiger partial charge in [-0.2, -0.15) is 0 Å². The third kappa shape index (κ3) is 8.19. The van der Waals surface area contributed by atoms with Gasteiger partial charge in [0.25, 0.3) is 5.91 Å². The lowest BCUT2D eigenvalue weighted by Gasteiger charge is -2.35. The van der Waals surface area contributed by atoms with E-state index in [0.717, 1.165) is 16.7 Å². The number of hydrogen-bond acceptors (Lipinski definition) is 5. The number of primary amides is 1. The molecule has 38 heavy (non-hydrogen) atoms.